The minimum absolute atomic E-state index is 0.236. The fourth-order valence-electron chi connectivity index (χ4n) is 2.03. The van der Waals surface area contributed by atoms with Crippen molar-refractivity contribution in [3.63, 3.8) is 0 Å². The molecule has 1 N–H and O–H groups in total. The summed E-state index contributed by atoms with van der Waals surface area (Å²) in [6, 6.07) is 11.2. The van der Waals surface area contributed by atoms with Gasteiger partial charge >= 0.3 is 0 Å². The molecule has 2 heterocycles. The molecule has 102 valence electrons. The van der Waals surface area contributed by atoms with E-state index < -0.39 is 0 Å². The average molecular weight is 293 g/mol. The molecule has 4 nitrogen and oxygen atoms in total. The minimum atomic E-state index is -0.236. The first kappa shape index (κ1) is 13.3. The lowest BCUT2D eigenvalue weighted by Crippen LogP contribution is -2.11. The van der Waals surface area contributed by atoms with Crippen LogP contribution in [0.5, 0.6) is 0 Å². The largest absolute Gasteiger partial charge is 0.305 e. The number of rotatable bonds is 2. The highest BCUT2D eigenvalue weighted by Gasteiger charge is 2.09. The zero-order valence-corrected chi connectivity index (χ0v) is 12.1. The normalized spacial score (nSPS) is 11.5. The van der Waals surface area contributed by atoms with Crippen molar-refractivity contribution in [2.75, 3.05) is 0 Å². The summed E-state index contributed by atoms with van der Waals surface area (Å²) in [5.74, 6) is 0.300. The molecule has 0 bridgehead atoms. The molecule has 0 saturated carbocycles. The number of aromatic amines is 1. The van der Waals surface area contributed by atoms with Crippen LogP contribution in [0.2, 0.25) is 0 Å². The number of hydrogen-bond donors (Lipinski definition) is 1. The van der Waals surface area contributed by atoms with Gasteiger partial charge in [-0.2, -0.15) is 5.26 Å². The number of aryl methyl sites for hydroxylation is 1. The number of para-hydroxylation sites is 1. The number of nitriles is 1. The molecule has 21 heavy (non-hydrogen) atoms. The molecule has 2 aromatic heterocycles. The number of benzene rings is 1. The van der Waals surface area contributed by atoms with Gasteiger partial charge < -0.3 is 4.98 Å². The highest BCUT2D eigenvalue weighted by atomic mass is 32.1. The maximum absolute atomic E-state index is 12.1. The molecule has 0 aliphatic heterocycles. The molecular formula is C16H11N3OS. The molecule has 0 radical (unpaired) electrons. The monoisotopic (exact) mass is 293 g/mol. The van der Waals surface area contributed by atoms with E-state index in [4.69, 9.17) is 0 Å². The summed E-state index contributed by atoms with van der Waals surface area (Å²) in [5.41, 5.74) is 1.79. The van der Waals surface area contributed by atoms with Crippen LogP contribution in [0.15, 0.2) is 40.5 Å². The van der Waals surface area contributed by atoms with Crippen molar-refractivity contribution in [2.24, 2.45) is 0 Å². The number of allylic oxidation sites excluding steroid dienone is 1. The van der Waals surface area contributed by atoms with Crippen LogP contribution in [0.4, 0.5) is 0 Å². The van der Waals surface area contributed by atoms with Gasteiger partial charge in [0, 0.05) is 4.88 Å². The molecule has 0 spiro atoms. The maximum Gasteiger partial charge on any atom is 0.259 e. The van der Waals surface area contributed by atoms with E-state index >= 15 is 0 Å². The number of fused-ring (bicyclic) bond motifs is 1. The summed E-state index contributed by atoms with van der Waals surface area (Å²) >= 11 is 1.55. The smallest absolute Gasteiger partial charge is 0.259 e. The van der Waals surface area contributed by atoms with E-state index in [0.717, 1.165) is 10.4 Å². The molecule has 5 heteroatoms. The number of nitrogens with zero attached hydrogens (tertiary/aromatic N) is 2. The Morgan fingerprint density at radius 2 is 2.19 bits per heavy atom. The highest BCUT2D eigenvalue weighted by Crippen LogP contribution is 2.22. The van der Waals surface area contributed by atoms with E-state index in [1.807, 2.05) is 24.4 Å². The lowest BCUT2D eigenvalue weighted by molar-refractivity contribution is 1.13. The lowest BCUT2D eigenvalue weighted by Gasteiger charge is -2.01. The molecule has 0 saturated heterocycles. The Morgan fingerprint density at radius 1 is 1.38 bits per heavy atom. The summed E-state index contributed by atoms with van der Waals surface area (Å²) in [4.78, 5) is 20.1. The SMILES string of the molecule is Cc1ccsc1C=C(C#N)c1nc2ccccc2c(=O)[nH]1. The molecule has 0 aliphatic rings. The maximum atomic E-state index is 12.1. The van der Waals surface area contributed by atoms with Gasteiger partial charge in [-0.1, -0.05) is 12.1 Å². The lowest BCUT2D eigenvalue weighted by atomic mass is 10.2. The summed E-state index contributed by atoms with van der Waals surface area (Å²) < 4.78 is 0. The predicted molar refractivity (Wildman–Crippen MR) is 84.9 cm³/mol. The zero-order chi connectivity index (χ0) is 14.8. The minimum Gasteiger partial charge on any atom is -0.305 e. The number of hydrogen-bond acceptors (Lipinski definition) is 4. The average Bonchev–Trinajstić information content (AvgIpc) is 2.90. The first-order chi connectivity index (χ1) is 10.2. The third kappa shape index (κ3) is 2.49. The molecule has 0 amide bonds. The van der Waals surface area contributed by atoms with Gasteiger partial charge in [0.2, 0.25) is 0 Å². The van der Waals surface area contributed by atoms with Crippen molar-refractivity contribution in [3.05, 3.63) is 62.3 Å². The van der Waals surface area contributed by atoms with E-state index in [2.05, 4.69) is 16.0 Å². The third-order valence-electron chi connectivity index (χ3n) is 3.17. The van der Waals surface area contributed by atoms with Crippen molar-refractivity contribution in [1.82, 2.24) is 9.97 Å². The molecule has 1 aromatic carbocycles. The molecule has 3 rings (SSSR count). The first-order valence-corrected chi connectivity index (χ1v) is 7.22. The first-order valence-electron chi connectivity index (χ1n) is 6.34. The van der Waals surface area contributed by atoms with Crippen LogP contribution >= 0.6 is 11.3 Å². The van der Waals surface area contributed by atoms with Gasteiger partial charge in [-0.05, 0) is 42.1 Å². The van der Waals surface area contributed by atoms with Gasteiger partial charge in [-0.15, -0.1) is 11.3 Å². The Labute approximate surface area is 125 Å². The van der Waals surface area contributed by atoms with Crippen LogP contribution in [0.25, 0.3) is 22.6 Å². The second-order valence-electron chi connectivity index (χ2n) is 4.57. The standard InChI is InChI=1S/C16H11N3OS/c1-10-6-7-21-14(10)8-11(9-17)15-18-13-5-3-2-4-12(13)16(20)19-15/h2-8H,1H3,(H,18,19,20). The van der Waals surface area contributed by atoms with Crippen LogP contribution in [0.3, 0.4) is 0 Å². The number of aromatic nitrogens is 2. The van der Waals surface area contributed by atoms with E-state index in [9.17, 15) is 10.1 Å². The van der Waals surface area contributed by atoms with E-state index in [-0.39, 0.29) is 5.56 Å². The number of H-pyrrole nitrogens is 1. The van der Waals surface area contributed by atoms with Crippen molar-refractivity contribution in [2.45, 2.75) is 6.92 Å². The summed E-state index contributed by atoms with van der Waals surface area (Å²) in [7, 11) is 0. The number of nitrogens with one attached hydrogen (secondary N) is 1. The summed E-state index contributed by atoms with van der Waals surface area (Å²) in [5, 5.41) is 11.8. The van der Waals surface area contributed by atoms with Crippen LogP contribution in [0, 0.1) is 18.3 Å². The van der Waals surface area contributed by atoms with Crippen LogP contribution in [-0.2, 0) is 0 Å². The van der Waals surface area contributed by atoms with Gasteiger partial charge in [0.1, 0.15) is 6.07 Å². The Bertz CT molecular complexity index is 944. The van der Waals surface area contributed by atoms with Gasteiger partial charge in [-0.3, -0.25) is 4.79 Å². The van der Waals surface area contributed by atoms with Gasteiger partial charge in [0.15, 0.2) is 5.82 Å². The van der Waals surface area contributed by atoms with Crippen LogP contribution < -0.4 is 5.56 Å². The third-order valence-corrected chi connectivity index (χ3v) is 4.13. The van der Waals surface area contributed by atoms with Crippen molar-refractivity contribution in [3.8, 4) is 6.07 Å². The molecular weight excluding hydrogens is 282 g/mol. The number of thiophene rings is 1. The Morgan fingerprint density at radius 3 is 2.90 bits per heavy atom. The van der Waals surface area contributed by atoms with Crippen molar-refractivity contribution >= 4 is 33.9 Å². The second kappa shape index (κ2) is 5.35. The van der Waals surface area contributed by atoms with E-state index in [1.165, 1.54) is 0 Å². The van der Waals surface area contributed by atoms with E-state index in [0.29, 0.717) is 22.3 Å². The van der Waals surface area contributed by atoms with Crippen LogP contribution in [0.1, 0.15) is 16.3 Å². The molecule has 3 aromatic rings. The van der Waals surface area contributed by atoms with Gasteiger partial charge in [0.05, 0.1) is 16.5 Å². The molecule has 0 aliphatic carbocycles. The van der Waals surface area contributed by atoms with Crippen molar-refractivity contribution < 1.29 is 0 Å². The van der Waals surface area contributed by atoms with E-state index in [1.54, 1.807) is 35.6 Å². The van der Waals surface area contributed by atoms with Gasteiger partial charge in [-0.25, -0.2) is 4.98 Å². The summed E-state index contributed by atoms with van der Waals surface area (Å²) in [6.45, 7) is 1.98. The van der Waals surface area contributed by atoms with Crippen LogP contribution in [-0.4, -0.2) is 9.97 Å². The summed E-state index contributed by atoms with van der Waals surface area (Å²) in [6.07, 6.45) is 1.76. The Hall–Kier alpha value is -2.71. The van der Waals surface area contributed by atoms with Gasteiger partial charge in [0.25, 0.3) is 5.56 Å². The molecule has 0 fully saturated rings. The highest BCUT2D eigenvalue weighted by molar-refractivity contribution is 7.11. The quantitative estimate of drug-likeness (QED) is 0.736. The molecule has 0 unspecified atom stereocenters. The Balaban J connectivity index is 2.19. The topological polar surface area (TPSA) is 69.5 Å². The molecule has 0 atom stereocenters. The fraction of sp³-hybridized carbons (Fsp3) is 0.0625. The van der Waals surface area contributed by atoms with Crippen molar-refractivity contribution in [1.29, 1.82) is 5.26 Å². The second-order valence-corrected chi connectivity index (χ2v) is 5.52. The zero-order valence-electron chi connectivity index (χ0n) is 11.3. The fourth-order valence-corrected chi connectivity index (χ4v) is 2.89. The Kier molecular flexibility index (Phi) is 3.38. The predicted octanol–water partition coefficient (Wildman–Crippen LogP) is 3.36.